The van der Waals surface area contributed by atoms with Crippen LogP contribution in [0.4, 0.5) is 0 Å². The van der Waals surface area contributed by atoms with Gasteiger partial charge in [-0.1, -0.05) is 32.0 Å². The van der Waals surface area contributed by atoms with Gasteiger partial charge in [0.1, 0.15) is 17.7 Å². The second-order valence-electron chi connectivity index (χ2n) is 5.83. The van der Waals surface area contributed by atoms with Gasteiger partial charge < -0.3 is 9.72 Å². The van der Waals surface area contributed by atoms with Crippen LogP contribution in [0.3, 0.4) is 0 Å². The summed E-state index contributed by atoms with van der Waals surface area (Å²) in [4.78, 5) is 30.5. The fourth-order valence-corrected chi connectivity index (χ4v) is 3.43. The maximum absolute atomic E-state index is 11.9. The van der Waals surface area contributed by atoms with Gasteiger partial charge in [0.15, 0.2) is 5.16 Å². The summed E-state index contributed by atoms with van der Waals surface area (Å²) < 4.78 is 5.48. The molecular weight excluding hydrogens is 314 g/mol. The first-order valence-electron chi connectivity index (χ1n) is 7.89. The number of thioether (sulfide) groups is 1. The zero-order chi connectivity index (χ0) is 16.8. The van der Waals surface area contributed by atoms with Crippen molar-refractivity contribution in [1.29, 1.82) is 5.26 Å². The summed E-state index contributed by atoms with van der Waals surface area (Å²) in [5.41, 5.74) is 0.0279. The number of aromatic nitrogens is 2. The van der Waals surface area contributed by atoms with Crippen LogP contribution in [0.25, 0.3) is 0 Å². The Morgan fingerprint density at radius 1 is 1.52 bits per heavy atom. The highest BCUT2D eigenvalue weighted by Gasteiger charge is 2.22. The van der Waals surface area contributed by atoms with Crippen molar-refractivity contribution in [3.63, 3.8) is 0 Å². The number of ether oxygens (including phenoxy) is 1. The average Bonchev–Trinajstić information content (AvgIpc) is 2.52. The van der Waals surface area contributed by atoms with Gasteiger partial charge in [-0.25, -0.2) is 4.98 Å². The number of rotatable bonds is 5. The van der Waals surface area contributed by atoms with Gasteiger partial charge in [0.05, 0.1) is 11.4 Å². The molecule has 1 aliphatic carbocycles. The number of aryl methyl sites for hydroxylation is 1. The predicted octanol–water partition coefficient (Wildman–Crippen LogP) is 2.42. The quantitative estimate of drug-likeness (QED) is 0.504. The number of nitrogens with one attached hydrogen (secondary N) is 1. The average molecular weight is 335 g/mol. The van der Waals surface area contributed by atoms with Crippen LogP contribution in [0.1, 0.15) is 50.8 Å². The van der Waals surface area contributed by atoms with E-state index in [2.05, 4.69) is 16.9 Å². The number of esters is 1. The molecule has 0 unspecified atom stereocenters. The van der Waals surface area contributed by atoms with Crippen LogP contribution < -0.4 is 5.56 Å². The summed E-state index contributed by atoms with van der Waals surface area (Å²) in [7, 11) is 0. The van der Waals surface area contributed by atoms with Crippen LogP contribution in [0.2, 0.25) is 0 Å². The largest absolute Gasteiger partial charge is 0.462 e. The van der Waals surface area contributed by atoms with Crippen LogP contribution in [0, 0.1) is 17.2 Å². The van der Waals surface area contributed by atoms with Gasteiger partial charge in [-0.05, 0) is 31.6 Å². The summed E-state index contributed by atoms with van der Waals surface area (Å²) in [5.74, 6) is 0.403. The lowest BCUT2D eigenvalue weighted by Gasteiger charge is -2.26. The van der Waals surface area contributed by atoms with Crippen molar-refractivity contribution in [1.82, 2.24) is 9.97 Å². The van der Waals surface area contributed by atoms with Gasteiger partial charge in [0.2, 0.25) is 0 Å². The first-order valence-corrected chi connectivity index (χ1v) is 8.87. The molecule has 0 radical (unpaired) electrons. The zero-order valence-corrected chi connectivity index (χ0v) is 14.2. The van der Waals surface area contributed by atoms with E-state index >= 15 is 0 Å². The zero-order valence-electron chi connectivity index (χ0n) is 13.4. The summed E-state index contributed by atoms with van der Waals surface area (Å²) >= 11 is 1.13. The molecule has 2 atom stereocenters. The summed E-state index contributed by atoms with van der Waals surface area (Å²) in [5, 5.41) is 9.30. The second kappa shape index (κ2) is 8.16. The molecule has 0 spiro atoms. The molecule has 0 aromatic carbocycles. The molecule has 6 nitrogen and oxygen atoms in total. The monoisotopic (exact) mass is 335 g/mol. The van der Waals surface area contributed by atoms with Crippen molar-refractivity contribution < 1.29 is 9.53 Å². The van der Waals surface area contributed by atoms with Crippen LogP contribution in [-0.4, -0.2) is 27.8 Å². The third-order valence-electron chi connectivity index (χ3n) is 3.93. The van der Waals surface area contributed by atoms with Crippen molar-refractivity contribution >= 4 is 17.7 Å². The van der Waals surface area contributed by atoms with Crippen molar-refractivity contribution in [3.8, 4) is 6.07 Å². The highest BCUT2D eigenvalue weighted by atomic mass is 32.2. The summed E-state index contributed by atoms with van der Waals surface area (Å²) in [6.07, 6.45) is 4.63. The fraction of sp³-hybridized carbons (Fsp3) is 0.625. The second-order valence-corrected chi connectivity index (χ2v) is 6.79. The van der Waals surface area contributed by atoms with Gasteiger partial charge >= 0.3 is 5.97 Å². The predicted molar refractivity (Wildman–Crippen MR) is 87.2 cm³/mol. The molecule has 1 N–H and O–H groups in total. The SMILES string of the molecule is CCc1nc(SCC(=O)O[C@H]2CCC[C@@H](C)C2)[nH]c(=O)c1C#N. The highest BCUT2D eigenvalue weighted by molar-refractivity contribution is 7.99. The Hall–Kier alpha value is -1.81. The van der Waals surface area contributed by atoms with E-state index in [9.17, 15) is 9.59 Å². The number of nitrogens with zero attached hydrogens (tertiary/aromatic N) is 2. The van der Waals surface area contributed by atoms with Gasteiger partial charge in [-0.15, -0.1) is 0 Å². The van der Waals surface area contributed by atoms with Crippen molar-refractivity contribution in [2.45, 2.75) is 57.2 Å². The lowest BCUT2D eigenvalue weighted by Crippen LogP contribution is -2.25. The van der Waals surface area contributed by atoms with E-state index < -0.39 is 5.56 Å². The van der Waals surface area contributed by atoms with Crippen molar-refractivity contribution in [2.24, 2.45) is 5.92 Å². The summed E-state index contributed by atoms with van der Waals surface area (Å²) in [6, 6.07) is 1.86. The van der Waals surface area contributed by atoms with Crippen LogP contribution in [-0.2, 0) is 16.0 Å². The standard InChI is InChI=1S/C16H21N3O3S/c1-3-13-12(8-17)15(21)19-16(18-13)23-9-14(20)22-11-6-4-5-10(2)7-11/h10-11H,3-7,9H2,1-2H3,(H,18,19,21)/t10-,11+/m1/s1. The Morgan fingerprint density at radius 2 is 2.30 bits per heavy atom. The van der Waals surface area contributed by atoms with Crippen molar-refractivity contribution in [3.05, 3.63) is 21.6 Å². The van der Waals surface area contributed by atoms with E-state index in [1.54, 1.807) is 0 Å². The molecule has 23 heavy (non-hydrogen) atoms. The number of carbonyl (C=O) groups excluding carboxylic acids is 1. The molecule has 0 bridgehead atoms. The van der Waals surface area contributed by atoms with Crippen LogP contribution in [0.5, 0.6) is 0 Å². The fourth-order valence-electron chi connectivity index (χ4n) is 2.77. The number of aromatic amines is 1. The molecule has 1 aromatic heterocycles. The Morgan fingerprint density at radius 3 is 2.96 bits per heavy atom. The maximum Gasteiger partial charge on any atom is 0.316 e. The lowest BCUT2D eigenvalue weighted by molar-refractivity contribution is -0.147. The minimum Gasteiger partial charge on any atom is -0.462 e. The molecule has 1 saturated carbocycles. The molecule has 1 fully saturated rings. The molecule has 2 rings (SSSR count). The number of H-pyrrole nitrogens is 1. The van der Waals surface area contributed by atoms with E-state index in [1.807, 2.05) is 13.0 Å². The van der Waals surface area contributed by atoms with Gasteiger partial charge in [0.25, 0.3) is 5.56 Å². The van der Waals surface area contributed by atoms with Gasteiger partial charge in [-0.2, -0.15) is 5.26 Å². The van der Waals surface area contributed by atoms with E-state index in [4.69, 9.17) is 10.00 Å². The minimum absolute atomic E-state index is 0.00558. The number of hydrogen-bond donors (Lipinski definition) is 1. The first-order chi connectivity index (χ1) is 11.0. The number of hydrogen-bond acceptors (Lipinski definition) is 6. The van der Waals surface area contributed by atoms with E-state index in [-0.39, 0.29) is 23.4 Å². The molecule has 0 saturated heterocycles. The number of nitriles is 1. The van der Waals surface area contributed by atoms with Crippen LogP contribution in [0.15, 0.2) is 9.95 Å². The molecule has 1 aliphatic rings. The van der Waals surface area contributed by atoms with Gasteiger partial charge in [0, 0.05) is 0 Å². The Bertz CT molecular complexity index is 666. The van der Waals surface area contributed by atoms with E-state index in [0.29, 0.717) is 23.2 Å². The molecule has 1 aromatic rings. The van der Waals surface area contributed by atoms with Gasteiger partial charge in [-0.3, -0.25) is 9.59 Å². The molecule has 7 heteroatoms. The van der Waals surface area contributed by atoms with Crippen LogP contribution >= 0.6 is 11.8 Å². The molecule has 0 aliphatic heterocycles. The molecular formula is C16H21N3O3S. The smallest absolute Gasteiger partial charge is 0.316 e. The lowest BCUT2D eigenvalue weighted by atomic mass is 9.89. The topological polar surface area (TPSA) is 95.8 Å². The van der Waals surface area contributed by atoms with Crippen molar-refractivity contribution in [2.75, 3.05) is 5.75 Å². The van der Waals surface area contributed by atoms with E-state index in [1.165, 1.54) is 6.42 Å². The highest BCUT2D eigenvalue weighted by Crippen LogP contribution is 2.26. The minimum atomic E-state index is -0.462. The Balaban J connectivity index is 1.93. The third kappa shape index (κ3) is 4.83. The summed E-state index contributed by atoms with van der Waals surface area (Å²) in [6.45, 7) is 4.00. The number of carbonyl (C=O) groups is 1. The Labute approximate surface area is 139 Å². The maximum atomic E-state index is 11.9. The third-order valence-corrected chi connectivity index (χ3v) is 4.78. The molecule has 0 amide bonds. The molecule has 1 heterocycles. The van der Waals surface area contributed by atoms with E-state index in [0.717, 1.165) is 31.0 Å². The molecule has 124 valence electrons. The Kier molecular flexibility index (Phi) is 6.22. The first kappa shape index (κ1) is 17.5. The normalized spacial score (nSPS) is 20.7.